The van der Waals surface area contributed by atoms with Gasteiger partial charge in [0.15, 0.2) is 0 Å². The summed E-state index contributed by atoms with van der Waals surface area (Å²) in [5, 5.41) is 8.73. The quantitative estimate of drug-likeness (QED) is 0.772. The van der Waals surface area contributed by atoms with Gasteiger partial charge in [0.1, 0.15) is 5.75 Å². The van der Waals surface area contributed by atoms with Crippen molar-refractivity contribution < 1.29 is 14.6 Å². The van der Waals surface area contributed by atoms with Crippen LogP contribution in [0.3, 0.4) is 0 Å². The summed E-state index contributed by atoms with van der Waals surface area (Å²) in [5.41, 5.74) is 2.34. The van der Waals surface area contributed by atoms with Crippen molar-refractivity contribution in [2.24, 2.45) is 5.92 Å². The molecule has 3 heteroatoms. The largest absolute Gasteiger partial charge is 0.493 e. The first-order valence-corrected chi connectivity index (χ1v) is 5.93. The fraction of sp³-hybridized carbons (Fsp3) is 0.500. The first kappa shape index (κ1) is 13.6. The van der Waals surface area contributed by atoms with E-state index in [1.807, 2.05) is 26.0 Å². The van der Waals surface area contributed by atoms with Crippen LogP contribution < -0.4 is 4.74 Å². The zero-order chi connectivity index (χ0) is 12.8. The number of benzene rings is 1. The second kappa shape index (κ2) is 6.28. The van der Waals surface area contributed by atoms with Crippen molar-refractivity contribution in [2.75, 3.05) is 6.61 Å². The lowest BCUT2D eigenvalue weighted by atomic mass is 10.1. The molecule has 1 atom stereocenters. The summed E-state index contributed by atoms with van der Waals surface area (Å²) in [7, 11) is 0. The van der Waals surface area contributed by atoms with Gasteiger partial charge in [-0.15, -0.1) is 0 Å². The number of aryl methyl sites for hydroxylation is 2. The normalized spacial score (nSPS) is 12.2. The minimum absolute atomic E-state index is 0.294. The van der Waals surface area contributed by atoms with E-state index in [0.717, 1.165) is 17.7 Å². The lowest BCUT2D eigenvalue weighted by molar-refractivity contribution is -0.141. The van der Waals surface area contributed by atoms with E-state index < -0.39 is 5.97 Å². The zero-order valence-electron chi connectivity index (χ0n) is 10.7. The Morgan fingerprint density at radius 2 is 2.12 bits per heavy atom. The lowest BCUT2D eigenvalue weighted by Crippen LogP contribution is -2.11. The highest BCUT2D eigenvalue weighted by Gasteiger charge is 2.10. The average molecular weight is 236 g/mol. The predicted molar refractivity (Wildman–Crippen MR) is 67.4 cm³/mol. The van der Waals surface area contributed by atoms with E-state index in [2.05, 4.69) is 6.07 Å². The van der Waals surface area contributed by atoms with Crippen LogP contribution >= 0.6 is 0 Å². The molecule has 0 radical (unpaired) electrons. The van der Waals surface area contributed by atoms with Crippen LogP contribution in [0.4, 0.5) is 0 Å². The monoisotopic (exact) mass is 236 g/mol. The number of hydrogen-bond acceptors (Lipinski definition) is 2. The Balaban J connectivity index is 2.34. The molecule has 17 heavy (non-hydrogen) atoms. The standard InChI is InChI=1S/C14H20O3/c1-10-6-7-13(12(3)9-10)17-8-4-5-11(2)14(15)16/h6-7,9,11H,4-5,8H2,1-3H3,(H,15,16). The van der Waals surface area contributed by atoms with Gasteiger partial charge in [-0.1, -0.05) is 24.6 Å². The SMILES string of the molecule is Cc1ccc(OCCCC(C)C(=O)O)c(C)c1. The van der Waals surface area contributed by atoms with Gasteiger partial charge in [-0.2, -0.15) is 0 Å². The summed E-state index contributed by atoms with van der Waals surface area (Å²) >= 11 is 0. The van der Waals surface area contributed by atoms with Crippen molar-refractivity contribution in [3.63, 3.8) is 0 Å². The molecule has 0 heterocycles. The third kappa shape index (κ3) is 4.47. The van der Waals surface area contributed by atoms with Gasteiger partial charge in [0.25, 0.3) is 0 Å². The summed E-state index contributed by atoms with van der Waals surface area (Å²) < 4.78 is 5.63. The smallest absolute Gasteiger partial charge is 0.306 e. The number of carboxylic acid groups (broad SMARTS) is 1. The third-order valence-electron chi connectivity index (χ3n) is 2.79. The van der Waals surface area contributed by atoms with Crippen LogP contribution in [0.25, 0.3) is 0 Å². The summed E-state index contributed by atoms with van der Waals surface area (Å²) in [6, 6.07) is 6.06. The molecule has 1 aromatic carbocycles. The number of aliphatic carboxylic acids is 1. The van der Waals surface area contributed by atoms with Crippen LogP contribution in [0.15, 0.2) is 18.2 Å². The number of carboxylic acids is 1. The highest BCUT2D eigenvalue weighted by molar-refractivity contribution is 5.69. The summed E-state index contributed by atoms with van der Waals surface area (Å²) in [5.74, 6) is -0.146. The van der Waals surface area contributed by atoms with E-state index in [1.54, 1.807) is 6.92 Å². The van der Waals surface area contributed by atoms with Gasteiger partial charge < -0.3 is 9.84 Å². The lowest BCUT2D eigenvalue weighted by Gasteiger charge is -2.10. The van der Waals surface area contributed by atoms with Gasteiger partial charge in [0.2, 0.25) is 0 Å². The van der Waals surface area contributed by atoms with Crippen molar-refractivity contribution in [1.82, 2.24) is 0 Å². The fourth-order valence-electron chi connectivity index (χ4n) is 1.66. The van der Waals surface area contributed by atoms with Gasteiger partial charge in [0, 0.05) is 0 Å². The summed E-state index contributed by atoms with van der Waals surface area (Å²) in [6.45, 7) is 6.36. The second-order valence-electron chi connectivity index (χ2n) is 4.50. The Labute approximate surface area is 102 Å². The minimum atomic E-state index is -0.739. The fourth-order valence-corrected chi connectivity index (χ4v) is 1.66. The molecule has 0 bridgehead atoms. The van der Waals surface area contributed by atoms with E-state index in [0.29, 0.717) is 13.0 Å². The van der Waals surface area contributed by atoms with Crippen LogP contribution in [0.1, 0.15) is 30.9 Å². The molecule has 1 unspecified atom stereocenters. The molecule has 0 saturated heterocycles. The van der Waals surface area contributed by atoms with Gasteiger partial charge in [-0.05, 0) is 38.3 Å². The third-order valence-corrected chi connectivity index (χ3v) is 2.79. The van der Waals surface area contributed by atoms with Crippen molar-refractivity contribution in [2.45, 2.75) is 33.6 Å². The van der Waals surface area contributed by atoms with Gasteiger partial charge >= 0.3 is 5.97 Å². The predicted octanol–water partition coefficient (Wildman–Crippen LogP) is 3.18. The van der Waals surface area contributed by atoms with E-state index in [-0.39, 0.29) is 5.92 Å². The first-order chi connectivity index (χ1) is 8.00. The van der Waals surface area contributed by atoms with E-state index in [4.69, 9.17) is 9.84 Å². The molecular weight excluding hydrogens is 216 g/mol. The van der Waals surface area contributed by atoms with E-state index in [9.17, 15) is 4.79 Å². The zero-order valence-corrected chi connectivity index (χ0v) is 10.7. The van der Waals surface area contributed by atoms with Gasteiger partial charge in [-0.25, -0.2) is 0 Å². The first-order valence-electron chi connectivity index (χ1n) is 5.93. The molecule has 0 aromatic heterocycles. The van der Waals surface area contributed by atoms with Crippen molar-refractivity contribution in [3.05, 3.63) is 29.3 Å². The van der Waals surface area contributed by atoms with Crippen molar-refractivity contribution >= 4 is 5.97 Å². The van der Waals surface area contributed by atoms with Crippen LogP contribution in [0, 0.1) is 19.8 Å². The minimum Gasteiger partial charge on any atom is -0.493 e. The summed E-state index contributed by atoms with van der Waals surface area (Å²) in [4.78, 5) is 10.6. The van der Waals surface area contributed by atoms with Crippen LogP contribution in [-0.4, -0.2) is 17.7 Å². The summed E-state index contributed by atoms with van der Waals surface area (Å²) in [6.07, 6.45) is 1.42. The van der Waals surface area contributed by atoms with Gasteiger partial charge in [0.05, 0.1) is 12.5 Å². The topological polar surface area (TPSA) is 46.5 Å². The number of carbonyl (C=O) groups is 1. The molecule has 0 aliphatic carbocycles. The maximum atomic E-state index is 10.6. The van der Waals surface area contributed by atoms with Crippen LogP contribution in [-0.2, 0) is 4.79 Å². The molecule has 0 saturated carbocycles. The number of ether oxygens (including phenoxy) is 1. The Kier molecular flexibility index (Phi) is 5.01. The molecule has 3 nitrogen and oxygen atoms in total. The molecule has 1 aromatic rings. The molecule has 0 spiro atoms. The highest BCUT2D eigenvalue weighted by Crippen LogP contribution is 2.19. The van der Waals surface area contributed by atoms with Crippen LogP contribution in [0.5, 0.6) is 5.75 Å². The Hall–Kier alpha value is -1.51. The molecule has 94 valence electrons. The molecule has 1 N–H and O–H groups in total. The molecular formula is C14H20O3. The maximum absolute atomic E-state index is 10.6. The Morgan fingerprint density at radius 1 is 1.41 bits per heavy atom. The molecule has 0 aliphatic heterocycles. The average Bonchev–Trinajstić information content (AvgIpc) is 2.26. The molecule has 0 fully saturated rings. The molecule has 1 rings (SSSR count). The highest BCUT2D eigenvalue weighted by atomic mass is 16.5. The Morgan fingerprint density at radius 3 is 2.71 bits per heavy atom. The van der Waals surface area contributed by atoms with E-state index in [1.165, 1.54) is 5.56 Å². The van der Waals surface area contributed by atoms with Crippen molar-refractivity contribution in [1.29, 1.82) is 0 Å². The number of rotatable bonds is 6. The van der Waals surface area contributed by atoms with Crippen molar-refractivity contribution in [3.8, 4) is 5.75 Å². The maximum Gasteiger partial charge on any atom is 0.306 e. The molecule has 0 amide bonds. The van der Waals surface area contributed by atoms with Gasteiger partial charge in [-0.3, -0.25) is 4.79 Å². The van der Waals surface area contributed by atoms with Crippen LogP contribution in [0.2, 0.25) is 0 Å². The number of hydrogen-bond donors (Lipinski definition) is 1. The molecule has 0 aliphatic rings. The Bertz CT molecular complexity index is 385. The van der Waals surface area contributed by atoms with E-state index >= 15 is 0 Å². The second-order valence-corrected chi connectivity index (χ2v) is 4.50.